The Morgan fingerprint density at radius 3 is 2.00 bits per heavy atom. The van der Waals surface area contributed by atoms with Crippen molar-refractivity contribution in [1.29, 1.82) is 0 Å². The summed E-state index contributed by atoms with van der Waals surface area (Å²) in [4.78, 5) is 0. The molecule has 0 radical (unpaired) electrons. The molecule has 0 heterocycles. The lowest BCUT2D eigenvalue weighted by Crippen LogP contribution is -2.24. The molecule has 2 aromatic rings. The summed E-state index contributed by atoms with van der Waals surface area (Å²) in [7, 11) is 0. The zero-order valence-corrected chi connectivity index (χ0v) is 14.3. The molecule has 1 heteroatoms. The van der Waals surface area contributed by atoms with E-state index in [-0.39, 0.29) is 12.0 Å². The lowest BCUT2D eigenvalue weighted by Gasteiger charge is -2.26. The van der Waals surface area contributed by atoms with Crippen LogP contribution < -0.4 is 0 Å². The van der Waals surface area contributed by atoms with E-state index >= 15 is 0 Å². The highest BCUT2D eigenvalue weighted by molar-refractivity contribution is 5.35. The summed E-state index contributed by atoms with van der Waals surface area (Å²) >= 11 is 0. The van der Waals surface area contributed by atoms with Crippen molar-refractivity contribution in [2.45, 2.75) is 51.6 Å². The normalized spacial score (nSPS) is 24.6. The molecule has 0 aliphatic heterocycles. The first-order valence-electron chi connectivity index (χ1n) is 8.93. The maximum atomic E-state index is 11.2. The minimum absolute atomic E-state index is 0.0749. The van der Waals surface area contributed by atoms with Crippen LogP contribution in [-0.2, 0) is 0 Å². The van der Waals surface area contributed by atoms with Crippen molar-refractivity contribution in [1.82, 2.24) is 0 Å². The van der Waals surface area contributed by atoms with Gasteiger partial charge in [-0.2, -0.15) is 0 Å². The SMILES string of the molecule is CCCC[C@]1(C)C[C@H]1[C@H](O)C(c1ccccc1)c1ccccc1. The van der Waals surface area contributed by atoms with Gasteiger partial charge in [0.25, 0.3) is 0 Å². The van der Waals surface area contributed by atoms with Gasteiger partial charge in [-0.05, 0) is 35.3 Å². The van der Waals surface area contributed by atoms with E-state index in [4.69, 9.17) is 0 Å². The second-order valence-corrected chi connectivity index (χ2v) is 7.36. The Morgan fingerprint density at radius 1 is 1.00 bits per heavy atom. The second-order valence-electron chi connectivity index (χ2n) is 7.36. The highest BCUT2D eigenvalue weighted by atomic mass is 16.3. The number of aliphatic hydroxyl groups is 1. The maximum absolute atomic E-state index is 11.2. The monoisotopic (exact) mass is 308 g/mol. The van der Waals surface area contributed by atoms with Gasteiger partial charge < -0.3 is 5.11 Å². The van der Waals surface area contributed by atoms with Crippen LogP contribution in [0.4, 0.5) is 0 Å². The van der Waals surface area contributed by atoms with Gasteiger partial charge in [0.15, 0.2) is 0 Å². The van der Waals surface area contributed by atoms with Crippen LogP contribution >= 0.6 is 0 Å². The zero-order valence-electron chi connectivity index (χ0n) is 14.3. The topological polar surface area (TPSA) is 20.2 Å². The standard InChI is InChI=1S/C22H28O/c1-3-4-15-22(2)16-19(22)21(23)20(17-11-7-5-8-12-17)18-13-9-6-10-14-18/h5-14,19-21,23H,3-4,15-16H2,1-2H3/t19-,21-,22+/m0/s1. The molecule has 1 aliphatic rings. The molecule has 1 fully saturated rings. The molecule has 0 unspecified atom stereocenters. The van der Waals surface area contributed by atoms with Crippen LogP contribution in [-0.4, -0.2) is 11.2 Å². The highest BCUT2D eigenvalue weighted by Gasteiger charge is 2.54. The number of hydrogen-bond donors (Lipinski definition) is 1. The Morgan fingerprint density at radius 2 is 1.52 bits per heavy atom. The van der Waals surface area contributed by atoms with Crippen LogP contribution in [0.3, 0.4) is 0 Å². The van der Waals surface area contributed by atoms with E-state index in [1.807, 2.05) is 12.1 Å². The molecule has 0 spiro atoms. The number of benzene rings is 2. The van der Waals surface area contributed by atoms with Crippen molar-refractivity contribution in [2.24, 2.45) is 11.3 Å². The van der Waals surface area contributed by atoms with Crippen LogP contribution in [0.1, 0.15) is 56.6 Å². The summed E-state index contributed by atoms with van der Waals surface area (Å²) < 4.78 is 0. The minimum atomic E-state index is -0.304. The third-order valence-corrected chi connectivity index (χ3v) is 5.59. The smallest absolute Gasteiger partial charge is 0.0682 e. The lowest BCUT2D eigenvalue weighted by atomic mass is 9.82. The first-order chi connectivity index (χ1) is 11.2. The number of unbranched alkanes of at least 4 members (excludes halogenated alkanes) is 1. The number of aliphatic hydroxyl groups excluding tert-OH is 1. The Kier molecular flexibility index (Phi) is 4.87. The molecule has 0 aromatic heterocycles. The summed E-state index contributed by atoms with van der Waals surface area (Å²) in [6.45, 7) is 4.59. The number of hydrogen-bond acceptors (Lipinski definition) is 1. The summed E-state index contributed by atoms with van der Waals surface area (Å²) in [5.41, 5.74) is 2.77. The van der Waals surface area contributed by atoms with Crippen LogP contribution in [0.5, 0.6) is 0 Å². The molecule has 2 aromatic carbocycles. The second kappa shape index (κ2) is 6.88. The van der Waals surface area contributed by atoms with Crippen molar-refractivity contribution in [2.75, 3.05) is 0 Å². The van der Waals surface area contributed by atoms with E-state index in [9.17, 15) is 5.11 Å². The Hall–Kier alpha value is -1.60. The molecule has 1 saturated carbocycles. The quantitative estimate of drug-likeness (QED) is 0.726. The fourth-order valence-electron chi connectivity index (χ4n) is 3.98. The van der Waals surface area contributed by atoms with Gasteiger partial charge in [-0.3, -0.25) is 0 Å². The van der Waals surface area contributed by atoms with Crippen molar-refractivity contribution in [3.8, 4) is 0 Å². The van der Waals surface area contributed by atoms with Crippen molar-refractivity contribution >= 4 is 0 Å². The average molecular weight is 308 g/mol. The molecule has 3 atom stereocenters. The third-order valence-electron chi connectivity index (χ3n) is 5.59. The van der Waals surface area contributed by atoms with Crippen LogP contribution in [0.2, 0.25) is 0 Å². The number of rotatable bonds is 7. The van der Waals surface area contributed by atoms with Gasteiger partial charge in [-0.25, -0.2) is 0 Å². The summed E-state index contributed by atoms with van der Waals surface area (Å²) in [6.07, 6.45) is 4.59. The molecule has 3 rings (SSSR count). The summed E-state index contributed by atoms with van der Waals surface area (Å²) in [5.74, 6) is 0.491. The molecule has 122 valence electrons. The summed E-state index contributed by atoms with van der Waals surface area (Å²) in [5, 5.41) is 11.2. The molecule has 1 nitrogen and oxygen atoms in total. The Labute approximate surface area is 140 Å². The molecule has 23 heavy (non-hydrogen) atoms. The Balaban J connectivity index is 1.85. The van der Waals surface area contributed by atoms with Crippen LogP contribution in [0, 0.1) is 11.3 Å². The van der Waals surface area contributed by atoms with E-state index in [1.54, 1.807) is 0 Å². The van der Waals surface area contributed by atoms with E-state index in [0.717, 1.165) is 6.42 Å². The van der Waals surface area contributed by atoms with Gasteiger partial charge in [0.2, 0.25) is 0 Å². The predicted octanol–water partition coefficient (Wildman–Crippen LogP) is 5.40. The predicted molar refractivity (Wildman–Crippen MR) is 96.5 cm³/mol. The average Bonchev–Trinajstić information content (AvgIpc) is 3.27. The Bertz CT molecular complexity index is 567. The van der Waals surface area contributed by atoms with Crippen molar-refractivity contribution < 1.29 is 5.11 Å². The van der Waals surface area contributed by atoms with Crippen molar-refractivity contribution in [3.05, 3.63) is 71.8 Å². The molecule has 0 saturated heterocycles. The van der Waals surface area contributed by atoms with Crippen molar-refractivity contribution in [3.63, 3.8) is 0 Å². The molecular weight excluding hydrogens is 280 g/mol. The third kappa shape index (κ3) is 3.50. The molecule has 0 bridgehead atoms. The van der Waals surface area contributed by atoms with Gasteiger partial charge in [0.1, 0.15) is 0 Å². The fraction of sp³-hybridized carbons (Fsp3) is 0.455. The van der Waals surface area contributed by atoms with Gasteiger partial charge in [0, 0.05) is 5.92 Å². The maximum Gasteiger partial charge on any atom is 0.0682 e. The first-order valence-corrected chi connectivity index (χ1v) is 8.93. The van der Waals surface area contributed by atoms with Gasteiger partial charge in [-0.1, -0.05) is 87.4 Å². The van der Waals surface area contributed by atoms with E-state index in [1.165, 1.54) is 30.4 Å². The molecule has 1 aliphatic carbocycles. The van der Waals surface area contributed by atoms with Gasteiger partial charge >= 0.3 is 0 Å². The highest BCUT2D eigenvalue weighted by Crippen LogP contribution is 2.59. The van der Waals surface area contributed by atoms with E-state index in [0.29, 0.717) is 11.3 Å². The van der Waals surface area contributed by atoms with E-state index < -0.39 is 0 Å². The largest absolute Gasteiger partial charge is 0.392 e. The van der Waals surface area contributed by atoms with Crippen LogP contribution in [0.15, 0.2) is 60.7 Å². The first kappa shape index (κ1) is 16.3. The molecule has 0 amide bonds. The van der Waals surface area contributed by atoms with Gasteiger partial charge in [-0.15, -0.1) is 0 Å². The van der Waals surface area contributed by atoms with Gasteiger partial charge in [0.05, 0.1) is 6.10 Å². The van der Waals surface area contributed by atoms with Crippen LogP contribution in [0.25, 0.3) is 0 Å². The fourth-order valence-corrected chi connectivity index (χ4v) is 3.98. The minimum Gasteiger partial charge on any atom is -0.392 e. The van der Waals surface area contributed by atoms with E-state index in [2.05, 4.69) is 62.4 Å². The molecule has 1 N–H and O–H groups in total. The summed E-state index contributed by atoms with van der Waals surface area (Å²) in [6, 6.07) is 20.9. The lowest BCUT2D eigenvalue weighted by molar-refractivity contribution is 0.115. The molecular formula is C22H28O. The zero-order chi connectivity index (χ0) is 16.3.